The van der Waals surface area contributed by atoms with E-state index in [0.29, 0.717) is 0 Å². The molecule has 0 N–H and O–H groups in total. The highest BCUT2D eigenvalue weighted by Crippen LogP contribution is 2.54. The topological polar surface area (TPSA) is 3.24 Å². The number of fused-ring (bicyclic) bond motifs is 10. The minimum Gasteiger partial charge on any atom is -0.310 e. The smallest absolute Gasteiger partial charge is 0.0468 e. The zero-order valence-corrected chi connectivity index (χ0v) is 29.5. The lowest BCUT2D eigenvalue weighted by atomic mass is 9.82. The van der Waals surface area contributed by atoms with Crippen LogP contribution in [0.5, 0.6) is 0 Å². The molecule has 0 fully saturated rings. The van der Waals surface area contributed by atoms with Crippen LogP contribution in [0.15, 0.2) is 164 Å². The normalized spacial score (nSPS) is 14.6. The molecule has 10 rings (SSSR count). The molecule has 0 atom stereocenters. The van der Waals surface area contributed by atoms with Gasteiger partial charge in [-0.25, -0.2) is 0 Å². The molecule has 1 heteroatoms. The Labute approximate surface area is 300 Å². The van der Waals surface area contributed by atoms with Crippen molar-refractivity contribution in [3.63, 3.8) is 0 Å². The quantitative estimate of drug-likeness (QED) is 0.183. The Bertz CT molecular complexity index is 2680. The van der Waals surface area contributed by atoms with Crippen molar-refractivity contribution in [1.29, 1.82) is 0 Å². The Hall–Kier alpha value is -5.92. The fourth-order valence-electron chi connectivity index (χ4n) is 9.16. The van der Waals surface area contributed by atoms with Crippen LogP contribution >= 0.6 is 0 Å². The Morgan fingerprint density at radius 3 is 1.67 bits per heavy atom. The fraction of sp³-hybridized carbons (Fsp3) is 0.120. The van der Waals surface area contributed by atoms with E-state index >= 15 is 0 Å². The third-order valence-electron chi connectivity index (χ3n) is 11.8. The van der Waals surface area contributed by atoms with Crippen LogP contribution in [0.3, 0.4) is 0 Å². The van der Waals surface area contributed by atoms with Crippen LogP contribution < -0.4 is 4.90 Å². The number of hydrogen-bond donors (Lipinski definition) is 0. The van der Waals surface area contributed by atoms with E-state index in [0.717, 1.165) is 11.4 Å². The maximum atomic E-state index is 2.46. The van der Waals surface area contributed by atoms with Gasteiger partial charge in [-0.05, 0) is 114 Å². The lowest BCUT2D eigenvalue weighted by Crippen LogP contribution is -2.16. The van der Waals surface area contributed by atoms with Crippen LogP contribution in [-0.4, -0.2) is 0 Å². The SMILES string of the molecule is CC1(C)c2cc(N(c3ccc(-c4ccccc4)cc3)c3ccc4ccc5c(c4c3)-c3ccccc3C5(C)C)ccc2-c2c1ccc1ccccc21. The summed E-state index contributed by atoms with van der Waals surface area (Å²) in [6, 6.07) is 61.0. The second-order valence-electron chi connectivity index (χ2n) is 15.4. The summed E-state index contributed by atoms with van der Waals surface area (Å²) in [5.41, 5.74) is 16.7. The Kier molecular flexibility index (Phi) is 6.34. The molecule has 0 radical (unpaired) electrons. The van der Waals surface area contributed by atoms with Crippen molar-refractivity contribution < 1.29 is 0 Å². The van der Waals surface area contributed by atoms with Gasteiger partial charge in [-0.2, -0.15) is 0 Å². The number of rotatable bonds is 4. The molecule has 1 nitrogen and oxygen atoms in total. The molecule has 51 heavy (non-hydrogen) atoms. The van der Waals surface area contributed by atoms with Crippen molar-refractivity contribution in [2.24, 2.45) is 0 Å². The highest BCUT2D eigenvalue weighted by Gasteiger charge is 2.38. The molecule has 8 aromatic rings. The largest absolute Gasteiger partial charge is 0.310 e. The van der Waals surface area contributed by atoms with Crippen molar-refractivity contribution in [3.05, 3.63) is 186 Å². The van der Waals surface area contributed by atoms with Crippen LogP contribution in [0.1, 0.15) is 49.9 Å². The summed E-state index contributed by atoms with van der Waals surface area (Å²) in [7, 11) is 0. The van der Waals surface area contributed by atoms with E-state index in [-0.39, 0.29) is 10.8 Å². The number of anilines is 3. The van der Waals surface area contributed by atoms with Crippen molar-refractivity contribution in [2.75, 3.05) is 4.90 Å². The zero-order valence-electron chi connectivity index (χ0n) is 29.5. The van der Waals surface area contributed by atoms with Crippen molar-refractivity contribution in [3.8, 4) is 33.4 Å². The van der Waals surface area contributed by atoms with Gasteiger partial charge in [0.25, 0.3) is 0 Å². The molecule has 0 unspecified atom stereocenters. The first-order valence-electron chi connectivity index (χ1n) is 18.1. The van der Waals surface area contributed by atoms with Gasteiger partial charge < -0.3 is 4.90 Å². The first-order chi connectivity index (χ1) is 24.8. The highest BCUT2D eigenvalue weighted by atomic mass is 15.1. The standard InChI is InChI=1S/C50H39N/c1-49(2)43-17-11-10-16-40(43)48-42-30-37(25-20-35(42)22-29-45(48)49)51(36-23-18-33(19-24-36)32-12-6-5-7-13-32)38-26-27-41-46(31-38)50(3,4)44-28-21-34-14-8-9-15-39(34)47(41)44/h5-31H,1-4H3. The lowest BCUT2D eigenvalue weighted by molar-refractivity contribution is 0.661. The van der Waals surface area contributed by atoms with Crippen LogP contribution in [0, 0.1) is 0 Å². The zero-order chi connectivity index (χ0) is 34.5. The first kappa shape index (κ1) is 29.9. The Morgan fingerprint density at radius 1 is 0.353 bits per heavy atom. The highest BCUT2D eigenvalue weighted by molar-refractivity contribution is 6.05. The molecule has 0 saturated carbocycles. The van der Waals surface area contributed by atoms with Gasteiger partial charge in [0.2, 0.25) is 0 Å². The maximum absolute atomic E-state index is 2.46. The lowest BCUT2D eigenvalue weighted by Gasteiger charge is -2.29. The second kappa shape index (κ2) is 10.8. The third kappa shape index (κ3) is 4.34. The molecule has 244 valence electrons. The van der Waals surface area contributed by atoms with E-state index in [1.165, 1.54) is 82.9 Å². The van der Waals surface area contributed by atoms with E-state index in [9.17, 15) is 0 Å². The molecule has 0 aliphatic heterocycles. The summed E-state index contributed by atoms with van der Waals surface area (Å²) in [6.45, 7) is 9.49. The van der Waals surface area contributed by atoms with Gasteiger partial charge in [-0.3, -0.25) is 0 Å². The predicted octanol–water partition coefficient (Wildman–Crippen LogP) is 13.7. The molecule has 0 heterocycles. The van der Waals surface area contributed by atoms with E-state index in [1.807, 2.05) is 0 Å². The molecule has 0 amide bonds. The summed E-state index contributed by atoms with van der Waals surface area (Å²) in [4.78, 5) is 2.46. The maximum Gasteiger partial charge on any atom is 0.0468 e. The van der Waals surface area contributed by atoms with Gasteiger partial charge in [0.1, 0.15) is 0 Å². The monoisotopic (exact) mass is 653 g/mol. The number of benzene rings is 8. The van der Waals surface area contributed by atoms with Gasteiger partial charge >= 0.3 is 0 Å². The predicted molar refractivity (Wildman–Crippen MR) is 217 cm³/mol. The van der Waals surface area contributed by atoms with Gasteiger partial charge in [-0.1, -0.05) is 155 Å². The van der Waals surface area contributed by atoms with E-state index in [2.05, 4.69) is 196 Å². The van der Waals surface area contributed by atoms with Gasteiger partial charge in [-0.15, -0.1) is 0 Å². The van der Waals surface area contributed by atoms with Crippen molar-refractivity contribution in [1.82, 2.24) is 0 Å². The molecule has 0 bridgehead atoms. The van der Waals surface area contributed by atoms with Crippen LogP contribution in [0.4, 0.5) is 17.1 Å². The van der Waals surface area contributed by atoms with Crippen molar-refractivity contribution in [2.45, 2.75) is 38.5 Å². The minimum atomic E-state index is -0.132. The summed E-state index contributed by atoms with van der Waals surface area (Å²) < 4.78 is 0. The average Bonchev–Trinajstić information content (AvgIpc) is 3.55. The van der Waals surface area contributed by atoms with Gasteiger partial charge in [0, 0.05) is 27.9 Å². The minimum absolute atomic E-state index is 0.0478. The average molecular weight is 654 g/mol. The Balaban J connectivity index is 1.19. The fourth-order valence-corrected chi connectivity index (χ4v) is 9.16. The molecule has 0 spiro atoms. The second-order valence-corrected chi connectivity index (χ2v) is 15.4. The molecular formula is C50H39N. The van der Waals surface area contributed by atoms with E-state index < -0.39 is 0 Å². The van der Waals surface area contributed by atoms with Gasteiger partial charge in [0.15, 0.2) is 0 Å². The summed E-state index contributed by atoms with van der Waals surface area (Å²) in [6.07, 6.45) is 0. The van der Waals surface area contributed by atoms with Crippen LogP contribution in [-0.2, 0) is 10.8 Å². The summed E-state index contributed by atoms with van der Waals surface area (Å²) in [5, 5.41) is 5.18. The van der Waals surface area contributed by atoms with Crippen molar-refractivity contribution >= 4 is 38.6 Å². The van der Waals surface area contributed by atoms with E-state index in [4.69, 9.17) is 0 Å². The third-order valence-corrected chi connectivity index (χ3v) is 11.8. The first-order valence-corrected chi connectivity index (χ1v) is 18.1. The number of nitrogens with zero attached hydrogens (tertiary/aromatic N) is 1. The van der Waals surface area contributed by atoms with E-state index in [1.54, 1.807) is 0 Å². The van der Waals surface area contributed by atoms with Crippen LogP contribution in [0.2, 0.25) is 0 Å². The molecule has 2 aliphatic carbocycles. The molecule has 8 aromatic carbocycles. The summed E-state index contributed by atoms with van der Waals surface area (Å²) in [5.74, 6) is 0. The Morgan fingerprint density at radius 2 is 0.882 bits per heavy atom. The van der Waals surface area contributed by atoms with Gasteiger partial charge in [0.05, 0.1) is 0 Å². The van der Waals surface area contributed by atoms with Crippen LogP contribution in [0.25, 0.3) is 54.9 Å². The molecule has 2 aliphatic rings. The molecule has 0 aromatic heterocycles. The number of hydrogen-bond acceptors (Lipinski definition) is 1. The molecular weight excluding hydrogens is 615 g/mol. The molecule has 0 saturated heterocycles. The summed E-state index contributed by atoms with van der Waals surface area (Å²) >= 11 is 0.